The topological polar surface area (TPSA) is 26.0 Å². The van der Waals surface area contributed by atoms with E-state index >= 15 is 0 Å². The van der Waals surface area contributed by atoms with Crippen molar-refractivity contribution in [3.63, 3.8) is 0 Å². The number of nitrogens with zero attached hydrogens (tertiary/aromatic N) is 1. The lowest BCUT2D eigenvalue weighted by Gasteiger charge is -2.25. The lowest BCUT2D eigenvalue weighted by Crippen LogP contribution is -2.40. The standard InChI is InChI=1S/C26H27NOPS.HI/c1-26(2,3)25-27-23(24(28-25)30-4)29(20-14-8-5-9-15-20,21-16-10-6-11-17-21)22-18-12-7-13-19-22;/h5-19H,1-4H3;1H/q+1;. The second kappa shape index (κ2) is 9.89. The summed E-state index contributed by atoms with van der Waals surface area (Å²) in [5, 5.41) is 4.76. The van der Waals surface area contributed by atoms with E-state index in [4.69, 9.17) is 9.40 Å². The van der Waals surface area contributed by atoms with Gasteiger partial charge in [0, 0.05) is 5.41 Å². The third-order valence-corrected chi connectivity index (χ3v) is 10.1. The van der Waals surface area contributed by atoms with Gasteiger partial charge in [0.05, 0.1) is 0 Å². The van der Waals surface area contributed by atoms with Crippen LogP contribution in [0.5, 0.6) is 0 Å². The van der Waals surface area contributed by atoms with Crippen molar-refractivity contribution in [3.05, 3.63) is 96.9 Å². The summed E-state index contributed by atoms with van der Waals surface area (Å²) < 4.78 is 6.38. The third-order valence-electron chi connectivity index (χ3n) is 5.15. The summed E-state index contributed by atoms with van der Waals surface area (Å²) in [6.45, 7) is 6.46. The SMILES string of the molecule is CSc1oc(C(C)(C)C)nc1[P+](c1ccccc1)(c1ccccc1)c1ccccc1.I. The molecule has 3 aromatic carbocycles. The van der Waals surface area contributed by atoms with Crippen molar-refractivity contribution >= 4 is 64.3 Å². The van der Waals surface area contributed by atoms with Crippen molar-refractivity contribution in [1.82, 2.24) is 4.98 Å². The maximum Gasteiger partial charge on any atom is 0.250 e. The molecule has 0 aliphatic carbocycles. The van der Waals surface area contributed by atoms with Crippen molar-refractivity contribution in [1.29, 1.82) is 0 Å². The van der Waals surface area contributed by atoms with Crippen LogP contribution in [0.1, 0.15) is 26.7 Å². The van der Waals surface area contributed by atoms with Crippen LogP contribution in [0.4, 0.5) is 0 Å². The maximum atomic E-state index is 6.38. The van der Waals surface area contributed by atoms with Gasteiger partial charge >= 0.3 is 0 Å². The first-order valence-corrected chi connectivity index (χ1v) is 13.1. The summed E-state index contributed by atoms with van der Waals surface area (Å²) >= 11 is 1.64. The quantitative estimate of drug-likeness (QED) is 0.172. The van der Waals surface area contributed by atoms with Crippen molar-refractivity contribution in [2.75, 3.05) is 6.26 Å². The van der Waals surface area contributed by atoms with Crippen LogP contribution < -0.4 is 21.3 Å². The Morgan fingerprint density at radius 2 is 1.10 bits per heavy atom. The number of oxazole rings is 1. The van der Waals surface area contributed by atoms with E-state index in [0.29, 0.717) is 0 Å². The average molecular weight is 560 g/mol. The highest BCUT2D eigenvalue weighted by molar-refractivity contribution is 14.0. The van der Waals surface area contributed by atoms with Gasteiger partial charge in [0.1, 0.15) is 15.9 Å². The number of hydrogen-bond acceptors (Lipinski definition) is 3. The van der Waals surface area contributed by atoms with Crippen LogP contribution in [0.2, 0.25) is 0 Å². The monoisotopic (exact) mass is 560 g/mol. The minimum absolute atomic E-state index is 0. The molecule has 0 fully saturated rings. The van der Waals surface area contributed by atoms with Gasteiger partial charge in [0.2, 0.25) is 11.0 Å². The predicted molar refractivity (Wildman–Crippen MR) is 147 cm³/mol. The van der Waals surface area contributed by atoms with E-state index < -0.39 is 7.26 Å². The van der Waals surface area contributed by atoms with Crippen LogP contribution in [0.25, 0.3) is 0 Å². The zero-order valence-corrected chi connectivity index (χ0v) is 22.3. The fourth-order valence-corrected chi connectivity index (χ4v) is 8.85. The van der Waals surface area contributed by atoms with Crippen LogP contribution in [0.15, 0.2) is 101 Å². The molecule has 0 saturated carbocycles. The molecule has 0 saturated heterocycles. The van der Waals surface area contributed by atoms with Crippen molar-refractivity contribution in [2.24, 2.45) is 0 Å². The van der Waals surface area contributed by atoms with Crippen molar-refractivity contribution in [3.8, 4) is 0 Å². The number of thioether (sulfide) groups is 1. The summed E-state index contributed by atoms with van der Waals surface area (Å²) in [6, 6.07) is 32.4. The van der Waals surface area contributed by atoms with Gasteiger partial charge in [-0.1, -0.05) is 87.1 Å². The molecule has 1 heterocycles. The molecule has 0 aliphatic heterocycles. The van der Waals surface area contributed by atoms with Crippen LogP contribution in [-0.2, 0) is 5.41 Å². The molecular weight excluding hydrogens is 532 g/mol. The summed E-state index contributed by atoms with van der Waals surface area (Å²) in [6.07, 6.45) is 2.08. The van der Waals surface area contributed by atoms with Gasteiger partial charge in [-0.2, -0.15) is 4.98 Å². The first kappa shape index (κ1) is 24.0. The highest BCUT2D eigenvalue weighted by Crippen LogP contribution is 2.55. The van der Waals surface area contributed by atoms with Crippen molar-refractivity contribution < 1.29 is 4.42 Å². The van der Waals surface area contributed by atoms with Gasteiger partial charge in [-0.3, -0.25) is 0 Å². The minimum Gasteiger partial charge on any atom is -0.429 e. The fraction of sp³-hybridized carbons (Fsp3) is 0.192. The molecule has 0 N–H and O–H groups in total. The zero-order valence-electron chi connectivity index (χ0n) is 18.3. The van der Waals surface area contributed by atoms with Crippen molar-refractivity contribution in [2.45, 2.75) is 31.3 Å². The number of hydrogen-bond donors (Lipinski definition) is 0. The molecule has 0 amide bonds. The molecular formula is C26H28INOPS+. The Bertz CT molecular complexity index is 1010. The van der Waals surface area contributed by atoms with Gasteiger partial charge in [0.15, 0.2) is 7.26 Å². The van der Waals surface area contributed by atoms with E-state index in [0.717, 1.165) is 16.4 Å². The molecule has 0 bridgehead atoms. The zero-order chi connectivity index (χ0) is 21.2. The first-order chi connectivity index (χ1) is 14.5. The molecule has 5 heteroatoms. The van der Waals surface area contributed by atoms with E-state index in [1.807, 2.05) is 0 Å². The largest absolute Gasteiger partial charge is 0.429 e. The van der Waals surface area contributed by atoms with Gasteiger partial charge in [-0.25, -0.2) is 0 Å². The number of benzene rings is 3. The van der Waals surface area contributed by atoms with Gasteiger partial charge in [0.25, 0.3) is 5.44 Å². The molecule has 0 radical (unpaired) electrons. The summed E-state index contributed by atoms with van der Waals surface area (Å²) in [5.41, 5.74) is 0.895. The smallest absolute Gasteiger partial charge is 0.250 e. The molecule has 0 aliphatic rings. The Morgan fingerprint density at radius 1 is 0.710 bits per heavy atom. The van der Waals surface area contributed by atoms with Gasteiger partial charge in [-0.15, -0.1) is 24.0 Å². The van der Waals surface area contributed by atoms with Crippen LogP contribution in [0, 0.1) is 0 Å². The molecule has 2 nitrogen and oxygen atoms in total. The number of rotatable bonds is 5. The highest BCUT2D eigenvalue weighted by atomic mass is 127. The molecule has 4 rings (SSSR count). The Balaban J connectivity index is 0.00000272. The third kappa shape index (κ3) is 4.48. The van der Waals surface area contributed by atoms with Crippen LogP contribution >= 0.6 is 43.0 Å². The Morgan fingerprint density at radius 3 is 1.42 bits per heavy atom. The predicted octanol–water partition coefficient (Wildman–Crippen LogP) is 5.93. The molecule has 1 aromatic heterocycles. The molecule has 31 heavy (non-hydrogen) atoms. The fourth-order valence-electron chi connectivity index (χ4n) is 3.73. The van der Waals surface area contributed by atoms with Crippen LogP contribution in [-0.4, -0.2) is 11.2 Å². The Kier molecular flexibility index (Phi) is 7.67. The van der Waals surface area contributed by atoms with E-state index in [1.54, 1.807) is 11.8 Å². The minimum atomic E-state index is -2.23. The number of halogens is 1. The molecule has 0 atom stereocenters. The number of aromatic nitrogens is 1. The second-order valence-corrected chi connectivity index (χ2v) is 12.4. The highest BCUT2D eigenvalue weighted by Gasteiger charge is 2.53. The lowest BCUT2D eigenvalue weighted by atomic mass is 9.97. The second-order valence-electron chi connectivity index (χ2n) is 8.26. The average Bonchev–Trinajstić information content (AvgIpc) is 3.22. The van der Waals surface area contributed by atoms with Crippen LogP contribution in [0.3, 0.4) is 0 Å². The lowest BCUT2D eigenvalue weighted by molar-refractivity contribution is 0.351. The van der Waals surface area contributed by atoms with E-state index in [9.17, 15) is 0 Å². The molecule has 4 aromatic rings. The first-order valence-electron chi connectivity index (χ1n) is 10.1. The Labute approximate surface area is 207 Å². The van der Waals surface area contributed by atoms with Gasteiger partial charge in [-0.05, 0) is 42.7 Å². The maximum absolute atomic E-state index is 6.38. The Hall–Kier alpha value is -1.62. The summed E-state index contributed by atoms with van der Waals surface area (Å²) in [5.74, 6) is 0.786. The molecule has 0 unspecified atom stereocenters. The molecule has 0 spiro atoms. The summed E-state index contributed by atoms with van der Waals surface area (Å²) in [7, 11) is -2.23. The molecule has 160 valence electrons. The normalized spacial score (nSPS) is 11.7. The van der Waals surface area contributed by atoms with E-state index in [2.05, 4.69) is 118 Å². The van der Waals surface area contributed by atoms with Gasteiger partial charge < -0.3 is 4.42 Å². The van der Waals surface area contributed by atoms with E-state index in [1.165, 1.54) is 15.9 Å². The van der Waals surface area contributed by atoms with E-state index in [-0.39, 0.29) is 29.4 Å². The summed E-state index contributed by atoms with van der Waals surface area (Å²) in [4.78, 5) is 5.22.